The van der Waals surface area contributed by atoms with Gasteiger partial charge in [0.2, 0.25) is 0 Å². The van der Waals surface area contributed by atoms with Gasteiger partial charge in [0.05, 0.1) is 5.51 Å². The predicted molar refractivity (Wildman–Crippen MR) is 54.9 cm³/mol. The molecule has 1 atom stereocenters. The highest BCUT2D eigenvalue weighted by atomic mass is 32.1. The van der Waals surface area contributed by atoms with Crippen molar-refractivity contribution in [3.63, 3.8) is 0 Å². The summed E-state index contributed by atoms with van der Waals surface area (Å²) in [5.74, 6) is 0. The Morgan fingerprint density at radius 2 is 2.54 bits per heavy atom. The van der Waals surface area contributed by atoms with E-state index in [2.05, 4.69) is 4.98 Å². The molecular weight excluding hydrogens is 184 g/mol. The van der Waals surface area contributed by atoms with Crippen molar-refractivity contribution in [2.75, 3.05) is 13.2 Å². The molecule has 0 amide bonds. The molecule has 1 heterocycles. The largest absolute Gasteiger partial charge is 0.382 e. The van der Waals surface area contributed by atoms with Crippen LogP contribution in [0.5, 0.6) is 0 Å². The summed E-state index contributed by atoms with van der Waals surface area (Å²) < 4.78 is 5.23. The number of aromatic nitrogens is 1. The number of rotatable bonds is 6. The number of ether oxygens (including phenoxy) is 1. The van der Waals surface area contributed by atoms with Crippen LogP contribution in [-0.4, -0.2) is 24.2 Å². The standard InChI is InChI=1S/C9H16N2OS/c1-2-12-4-3-8(10)5-9-6-11-7-13-9/h6-8H,2-5,10H2,1H3. The minimum absolute atomic E-state index is 0.201. The van der Waals surface area contributed by atoms with E-state index in [4.69, 9.17) is 10.5 Å². The van der Waals surface area contributed by atoms with E-state index in [0.717, 1.165) is 26.1 Å². The average Bonchev–Trinajstić information content (AvgIpc) is 2.57. The monoisotopic (exact) mass is 200 g/mol. The molecule has 0 bridgehead atoms. The molecule has 0 fully saturated rings. The average molecular weight is 200 g/mol. The first kappa shape index (κ1) is 10.6. The molecule has 13 heavy (non-hydrogen) atoms. The van der Waals surface area contributed by atoms with Crippen LogP contribution in [0.25, 0.3) is 0 Å². The summed E-state index contributed by atoms with van der Waals surface area (Å²) in [7, 11) is 0. The molecule has 2 N–H and O–H groups in total. The summed E-state index contributed by atoms with van der Waals surface area (Å²) in [6.45, 7) is 3.53. The maximum absolute atomic E-state index is 5.90. The van der Waals surface area contributed by atoms with Crippen molar-refractivity contribution in [2.45, 2.75) is 25.8 Å². The highest BCUT2D eigenvalue weighted by Crippen LogP contribution is 2.09. The Balaban J connectivity index is 2.14. The van der Waals surface area contributed by atoms with Gasteiger partial charge in [-0.1, -0.05) is 0 Å². The van der Waals surface area contributed by atoms with Crippen molar-refractivity contribution in [2.24, 2.45) is 5.73 Å². The van der Waals surface area contributed by atoms with E-state index >= 15 is 0 Å². The van der Waals surface area contributed by atoms with Crippen molar-refractivity contribution in [3.05, 3.63) is 16.6 Å². The highest BCUT2D eigenvalue weighted by molar-refractivity contribution is 7.09. The van der Waals surface area contributed by atoms with Crippen molar-refractivity contribution in [1.29, 1.82) is 0 Å². The molecule has 74 valence electrons. The van der Waals surface area contributed by atoms with Crippen LogP contribution in [0, 0.1) is 0 Å². The second-order valence-electron chi connectivity index (χ2n) is 2.92. The van der Waals surface area contributed by atoms with Gasteiger partial charge >= 0.3 is 0 Å². The topological polar surface area (TPSA) is 48.1 Å². The SMILES string of the molecule is CCOCCC(N)Cc1cncs1. The molecule has 0 aliphatic rings. The smallest absolute Gasteiger partial charge is 0.0794 e. The molecule has 0 saturated carbocycles. The molecule has 0 aliphatic heterocycles. The summed E-state index contributed by atoms with van der Waals surface area (Å²) in [6.07, 6.45) is 3.72. The van der Waals surface area contributed by atoms with Gasteiger partial charge in [0.25, 0.3) is 0 Å². The lowest BCUT2D eigenvalue weighted by molar-refractivity contribution is 0.140. The molecule has 0 spiro atoms. The van der Waals surface area contributed by atoms with Crippen molar-refractivity contribution < 1.29 is 4.74 Å². The van der Waals surface area contributed by atoms with Gasteiger partial charge in [-0.2, -0.15) is 0 Å². The van der Waals surface area contributed by atoms with Crippen LogP contribution in [0.1, 0.15) is 18.2 Å². The first-order chi connectivity index (χ1) is 6.33. The summed E-state index contributed by atoms with van der Waals surface area (Å²) >= 11 is 1.66. The Hall–Kier alpha value is -0.450. The molecular formula is C9H16N2OS. The molecule has 0 radical (unpaired) electrons. The van der Waals surface area contributed by atoms with E-state index in [9.17, 15) is 0 Å². The second-order valence-corrected chi connectivity index (χ2v) is 3.89. The predicted octanol–water partition coefficient (Wildman–Crippen LogP) is 1.44. The van der Waals surface area contributed by atoms with E-state index in [0.29, 0.717) is 0 Å². The molecule has 3 nitrogen and oxygen atoms in total. The maximum atomic E-state index is 5.90. The molecule has 1 rings (SSSR count). The van der Waals surface area contributed by atoms with Crippen LogP contribution in [-0.2, 0) is 11.2 Å². The van der Waals surface area contributed by atoms with Gasteiger partial charge < -0.3 is 10.5 Å². The molecule has 0 aromatic carbocycles. The fourth-order valence-corrected chi connectivity index (χ4v) is 1.77. The third-order valence-corrected chi connectivity index (χ3v) is 2.59. The van der Waals surface area contributed by atoms with Crippen LogP contribution in [0.15, 0.2) is 11.7 Å². The van der Waals surface area contributed by atoms with E-state index in [-0.39, 0.29) is 6.04 Å². The fraction of sp³-hybridized carbons (Fsp3) is 0.667. The first-order valence-electron chi connectivity index (χ1n) is 4.53. The Labute approximate surface area is 82.9 Å². The lowest BCUT2D eigenvalue weighted by Gasteiger charge is -2.09. The van der Waals surface area contributed by atoms with Gasteiger partial charge in [-0.05, 0) is 19.8 Å². The summed E-state index contributed by atoms with van der Waals surface area (Å²) in [5.41, 5.74) is 7.74. The van der Waals surface area contributed by atoms with Gasteiger partial charge in [-0.15, -0.1) is 11.3 Å². The number of hydrogen-bond donors (Lipinski definition) is 1. The van der Waals surface area contributed by atoms with Crippen LogP contribution in [0.4, 0.5) is 0 Å². The van der Waals surface area contributed by atoms with Crippen LogP contribution < -0.4 is 5.73 Å². The Kier molecular flexibility index (Phi) is 4.97. The molecule has 0 saturated heterocycles. The summed E-state index contributed by atoms with van der Waals surface area (Å²) in [4.78, 5) is 5.26. The number of nitrogens with zero attached hydrogens (tertiary/aromatic N) is 1. The summed E-state index contributed by atoms with van der Waals surface area (Å²) in [6, 6.07) is 0.201. The minimum atomic E-state index is 0.201. The van der Waals surface area contributed by atoms with Crippen LogP contribution >= 0.6 is 11.3 Å². The molecule has 1 aromatic heterocycles. The number of nitrogens with two attached hydrogens (primary N) is 1. The molecule has 4 heteroatoms. The van der Waals surface area contributed by atoms with E-state index in [1.54, 1.807) is 11.3 Å². The number of hydrogen-bond acceptors (Lipinski definition) is 4. The molecule has 1 unspecified atom stereocenters. The van der Waals surface area contributed by atoms with Gasteiger partial charge in [0, 0.05) is 30.3 Å². The lowest BCUT2D eigenvalue weighted by atomic mass is 10.1. The Morgan fingerprint density at radius 1 is 1.69 bits per heavy atom. The van der Waals surface area contributed by atoms with E-state index < -0.39 is 0 Å². The zero-order valence-electron chi connectivity index (χ0n) is 7.90. The first-order valence-corrected chi connectivity index (χ1v) is 5.41. The van der Waals surface area contributed by atoms with Gasteiger partial charge in [-0.25, -0.2) is 0 Å². The van der Waals surface area contributed by atoms with Gasteiger partial charge in [0.15, 0.2) is 0 Å². The Bertz CT molecular complexity index is 213. The van der Waals surface area contributed by atoms with E-state index in [1.807, 2.05) is 18.6 Å². The van der Waals surface area contributed by atoms with Gasteiger partial charge in [0.1, 0.15) is 0 Å². The van der Waals surface area contributed by atoms with E-state index in [1.165, 1.54) is 4.88 Å². The second kappa shape index (κ2) is 6.07. The third-order valence-electron chi connectivity index (χ3n) is 1.78. The summed E-state index contributed by atoms with van der Waals surface area (Å²) in [5, 5.41) is 0. The molecule has 1 aromatic rings. The van der Waals surface area contributed by atoms with Gasteiger partial charge in [-0.3, -0.25) is 4.98 Å². The highest BCUT2D eigenvalue weighted by Gasteiger charge is 2.04. The normalized spacial score (nSPS) is 13.1. The number of thiazole rings is 1. The Morgan fingerprint density at radius 3 is 3.15 bits per heavy atom. The van der Waals surface area contributed by atoms with Crippen molar-refractivity contribution in [1.82, 2.24) is 4.98 Å². The van der Waals surface area contributed by atoms with Crippen molar-refractivity contribution >= 4 is 11.3 Å². The van der Waals surface area contributed by atoms with Crippen molar-refractivity contribution in [3.8, 4) is 0 Å². The lowest BCUT2D eigenvalue weighted by Crippen LogP contribution is -2.24. The van der Waals surface area contributed by atoms with Crippen LogP contribution in [0.2, 0.25) is 0 Å². The third kappa shape index (κ3) is 4.36. The maximum Gasteiger partial charge on any atom is 0.0794 e. The van der Waals surface area contributed by atoms with Crippen LogP contribution in [0.3, 0.4) is 0 Å². The quantitative estimate of drug-likeness (QED) is 0.707. The molecule has 0 aliphatic carbocycles. The minimum Gasteiger partial charge on any atom is -0.382 e. The fourth-order valence-electron chi connectivity index (χ4n) is 1.08. The zero-order chi connectivity index (χ0) is 9.52. The zero-order valence-corrected chi connectivity index (χ0v) is 8.72.